The Labute approximate surface area is 142 Å². The lowest BCUT2D eigenvalue weighted by Gasteiger charge is -2.10. The highest BCUT2D eigenvalue weighted by Crippen LogP contribution is 2.24. The largest absolute Gasteiger partial charge is 0.355 e. The van der Waals surface area contributed by atoms with Crippen LogP contribution in [-0.4, -0.2) is 21.4 Å². The normalized spacial score (nSPS) is 11.1. The summed E-state index contributed by atoms with van der Waals surface area (Å²) in [7, 11) is -2.57. The molecule has 122 valence electrons. The maximum Gasteiger partial charge on any atom is 0.261 e. The van der Waals surface area contributed by atoms with E-state index in [1.54, 1.807) is 0 Å². The van der Waals surface area contributed by atoms with E-state index in [9.17, 15) is 17.6 Å². The van der Waals surface area contributed by atoms with Crippen molar-refractivity contribution in [3.05, 3.63) is 57.8 Å². The second kappa shape index (κ2) is 6.74. The summed E-state index contributed by atoms with van der Waals surface area (Å²) < 4.78 is 40.1. The number of rotatable bonds is 4. The first-order valence-electron chi connectivity index (χ1n) is 6.24. The van der Waals surface area contributed by atoms with Gasteiger partial charge in [-0.2, -0.15) is 0 Å². The molecular weight excluding hydrogens is 366 g/mol. The number of hydrogen-bond donors (Lipinski definition) is 2. The molecular formula is C14H11Cl2FN2O3S. The van der Waals surface area contributed by atoms with Crippen molar-refractivity contribution >= 4 is 44.8 Å². The average molecular weight is 377 g/mol. The van der Waals surface area contributed by atoms with Crippen LogP contribution in [0.1, 0.15) is 10.4 Å². The molecule has 0 aliphatic heterocycles. The Morgan fingerprint density at radius 1 is 1.09 bits per heavy atom. The van der Waals surface area contributed by atoms with Crippen LogP contribution in [0.15, 0.2) is 41.3 Å². The van der Waals surface area contributed by atoms with Gasteiger partial charge in [-0.3, -0.25) is 9.52 Å². The summed E-state index contributed by atoms with van der Waals surface area (Å²) in [6.45, 7) is 0. The molecule has 0 saturated heterocycles. The second-order valence-corrected chi connectivity index (χ2v) is 6.95. The second-order valence-electron chi connectivity index (χ2n) is 4.46. The average Bonchev–Trinajstić information content (AvgIpc) is 2.49. The third kappa shape index (κ3) is 3.93. The van der Waals surface area contributed by atoms with Gasteiger partial charge in [0.05, 0.1) is 26.2 Å². The van der Waals surface area contributed by atoms with Crippen LogP contribution in [0, 0.1) is 5.82 Å². The van der Waals surface area contributed by atoms with Gasteiger partial charge in [0.15, 0.2) is 0 Å². The Bertz CT molecular complexity index is 872. The van der Waals surface area contributed by atoms with Crippen molar-refractivity contribution in [2.45, 2.75) is 4.90 Å². The van der Waals surface area contributed by atoms with Crippen molar-refractivity contribution in [1.29, 1.82) is 0 Å². The molecule has 2 N–H and O–H groups in total. The number of carbonyl (C=O) groups is 1. The Hall–Kier alpha value is -1.83. The number of benzene rings is 2. The van der Waals surface area contributed by atoms with Gasteiger partial charge in [0.25, 0.3) is 15.9 Å². The van der Waals surface area contributed by atoms with E-state index in [4.69, 9.17) is 23.2 Å². The summed E-state index contributed by atoms with van der Waals surface area (Å²) in [4.78, 5) is 11.2. The molecule has 0 spiro atoms. The fraction of sp³-hybridized carbons (Fsp3) is 0.0714. The summed E-state index contributed by atoms with van der Waals surface area (Å²) in [5.74, 6) is -1.24. The number of sulfonamides is 1. The highest BCUT2D eigenvalue weighted by molar-refractivity contribution is 7.92. The molecule has 0 radical (unpaired) electrons. The minimum Gasteiger partial charge on any atom is -0.355 e. The number of hydrogen-bond acceptors (Lipinski definition) is 3. The van der Waals surface area contributed by atoms with E-state index in [0.29, 0.717) is 0 Å². The molecule has 2 aromatic rings. The molecule has 0 unspecified atom stereocenters. The van der Waals surface area contributed by atoms with Gasteiger partial charge in [0.2, 0.25) is 0 Å². The fourth-order valence-electron chi connectivity index (χ4n) is 1.76. The smallest absolute Gasteiger partial charge is 0.261 e. The van der Waals surface area contributed by atoms with E-state index in [-0.39, 0.29) is 26.2 Å². The summed E-state index contributed by atoms with van der Waals surface area (Å²) in [5, 5.41) is 2.31. The number of anilines is 1. The van der Waals surface area contributed by atoms with Gasteiger partial charge in [-0.1, -0.05) is 23.2 Å². The molecule has 23 heavy (non-hydrogen) atoms. The Balaban J connectivity index is 2.32. The highest BCUT2D eigenvalue weighted by Gasteiger charge is 2.17. The summed E-state index contributed by atoms with van der Waals surface area (Å²) in [6, 6.07) is 7.17. The molecule has 0 aliphatic carbocycles. The van der Waals surface area contributed by atoms with Crippen LogP contribution in [0.2, 0.25) is 10.0 Å². The Morgan fingerprint density at radius 2 is 1.78 bits per heavy atom. The molecule has 0 heterocycles. The van der Waals surface area contributed by atoms with Crippen LogP contribution in [0.25, 0.3) is 0 Å². The lowest BCUT2D eigenvalue weighted by Crippen LogP contribution is -2.18. The van der Waals surface area contributed by atoms with Gasteiger partial charge in [-0.15, -0.1) is 0 Å². The predicted molar refractivity (Wildman–Crippen MR) is 87.1 cm³/mol. The zero-order valence-electron chi connectivity index (χ0n) is 11.7. The van der Waals surface area contributed by atoms with Gasteiger partial charge in [-0.05, 0) is 36.4 Å². The lowest BCUT2D eigenvalue weighted by atomic mass is 10.2. The third-order valence-electron chi connectivity index (χ3n) is 2.89. The first-order chi connectivity index (χ1) is 10.7. The molecule has 0 aliphatic rings. The molecule has 0 aromatic heterocycles. The molecule has 9 heteroatoms. The van der Waals surface area contributed by atoms with Gasteiger partial charge in [0, 0.05) is 7.05 Å². The summed E-state index contributed by atoms with van der Waals surface area (Å²) in [6.07, 6.45) is 0. The predicted octanol–water partition coefficient (Wildman–Crippen LogP) is 3.29. The van der Waals surface area contributed by atoms with Gasteiger partial charge in [-0.25, -0.2) is 12.8 Å². The topological polar surface area (TPSA) is 75.3 Å². The van der Waals surface area contributed by atoms with Crippen molar-refractivity contribution in [3.8, 4) is 0 Å². The molecule has 5 nitrogen and oxygen atoms in total. The van der Waals surface area contributed by atoms with Crippen LogP contribution in [0.4, 0.5) is 10.1 Å². The van der Waals surface area contributed by atoms with Crippen molar-refractivity contribution in [1.82, 2.24) is 5.32 Å². The molecule has 0 saturated carbocycles. The molecule has 1 amide bonds. The maximum atomic E-state index is 13.4. The van der Waals surface area contributed by atoms with E-state index in [1.165, 1.54) is 31.3 Å². The van der Waals surface area contributed by atoms with Crippen LogP contribution in [0.3, 0.4) is 0 Å². The number of nitrogens with one attached hydrogen (secondary N) is 2. The third-order valence-corrected chi connectivity index (χ3v) is 4.89. The van der Waals surface area contributed by atoms with Crippen LogP contribution < -0.4 is 10.0 Å². The standard InChI is InChI=1S/C14H11Cl2FN2O3S/c1-18-14(20)10-4-2-8(6-12(10)16)19-23(21,22)9-3-5-11(15)13(17)7-9/h2-7,19H,1H3,(H,18,20). The number of halogens is 3. The van der Waals surface area contributed by atoms with Crippen molar-refractivity contribution in [3.63, 3.8) is 0 Å². The fourth-order valence-corrected chi connectivity index (χ4v) is 3.20. The monoisotopic (exact) mass is 376 g/mol. The molecule has 0 fully saturated rings. The van der Waals surface area contributed by atoms with Crippen LogP contribution >= 0.6 is 23.2 Å². The molecule has 0 bridgehead atoms. The zero-order valence-corrected chi connectivity index (χ0v) is 14.1. The maximum absolute atomic E-state index is 13.4. The molecule has 0 atom stereocenters. The molecule has 2 rings (SSSR count). The zero-order chi connectivity index (χ0) is 17.2. The number of amides is 1. The van der Waals surface area contributed by atoms with E-state index >= 15 is 0 Å². The molecule has 2 aromatic carbocycles. The minimum absolute atomic E-state index is 0.0758. The van der Waals surface area contributed by atoms with Gasteiger partial charge in [0.1, 0.15) is 5.82 Å². The van der Waals surface area contributed by atoms with Crippen molar-refractivity contribution in [2.24, 2.45) is 0 Å². The number of carbonyl (C=O) groups excluding carboxylic acids is 1. The summed E-state index contributed by atoms with van der Waals surface area (Å²) in [5.41, 5.74) is 0.340. The van der Waals surface area contributed by atoms with E-state index in [2.05, 4.69) is 10.0 Å². The quantitative estimate of drug-likeness (QED) is 0.859. The first-order valence-corrected chi connectivity index (χ1v) is 8.48. The van der Waals surface area contributed by atoms with E-state index < -0.39 is 21.7 Å². The van der Waals surface area contributed by atoms with Crippen molar-refractivity contribution in [2.75, 3.05) is 11.8 Å². The Kier molecular flexibility index (Phi) is 5.13. The minimum atomic E-state index is -4.02. The van der Waals surface area contributed by atoms with E-state index in [0.717, 1.165) is 12.1 Å². The highest BCUT2D eigenvalue weighted by atomic mass is 35.5. The van der Waals surface area contributed by atoms with Gasteiger partial charge >= 0.3 is 0 Å². The van der Waals surface area contributed by atoms with Crippen LogP contribution in [0.5, 0.6) is 0 Å². The van der Waals surface area contributed by atoms with Gasteiger partial charge < -0.3 is 5.32 Å². The van der Waals surface area contributed by atoms with Crippen molar-refractivity contribution < 1.29 is 17.6 Å². The SMILES string of the molecule is CNC(=O)c1ccc(NS(=O)(=O)c2ccc(Cl)c(F)c2)cc1Cl. The first kappa shape index (κ1) is 17.5. The van der Waals surface area contributed by atoms with Crippen LogP contribution in [-0.2, 0) is 10.0 Å². The lowest BCUT2D eigenvalue weighted by molar-refractivity contribution is 0.0963. The summed E-state index contributed by atoms with van der Waals surface area (Å²) >= 11 is 11.5. The Morgan fingerprint density at radius 3 is 2.35 bits per heavy atom. The van der Waals surface area contributed by atoms with E-state index in [1.807, 2.05) is 0 Å².